The van der Waals surface area contributed by atoms with Gasteiger partial charge in [-0.25, -0.2) is 9.07 Å². The molecule has 6 nitrogen and oxygen atoms in total. The molecule has 2 N–H and O–H groups in total. The molecule has 0 saturated heterocycles. The Balaban J connectivity index is 1.12. The van der Waals surface area contributed by atoms with Crippen LogP contribution in [-0.4, -0.2) is 32.3 Å². The summed E-state index contributed by atoms with van der Waals surface area (Å²) in [6, 6.07) is 58.8. The van der Waals surface area contributed by atoms with Crippen molar-refractivity contribution in [3.63, 3.8) is 0 Å². The van der Waals surface area contributed by atoms with E-state index in [0.29, 0.717) is 30.5 Å². The lowest BCUT2D eigenvalue weighted by molar-refractivity contribution is 0.0903. The van der Waals surface area contributed by atoms with Crippen LogP contribution >= 0.6 is 0 Å². The SMILES string of the molecule is Cc1cc(-c2nn(C(c3ccccc3)(c3ccccc3)c3ccccc3)c3ccc(C(=O)N[C@@H]4CCC[C@](Cc5ccccc5F)(NCc5ccccc5)C4)cc23)ccn1. The Hall–Kier alpha value is -6.70. The molecular formula is C53H48FN5O. The Morgan fingerprint density at radius 2 is 1.38 bits per heavy atom. The third kappa shape index (κ3) is 7.64. The molecule has 1 aliphatic rings. The van der Waals surface area contributed by atoms with Crippen LogP contribution in [0, 0.1) is 12.7 Å². The predicted octanol–water partition coefficient (Wildman–Crippen LogP) is 10.8. The monoisotopic (exact) mass is 789 g/mol. The van der Waals surface area contributed by atoms with Crippen LogP contribution in [0.1, 0.15) is 69.6 Å². The zero-order chi connectivity index (χ0) is 40.9. The first kappa shape index (κ1) is 38.8. The summed E-state index contributed by atoms with van der Waals surface area (Å²) in [5, 5.41) is 13.7. The molecular weight excluding hydrogens is 742 g/mol. The van der Waals surface area contributed by atoms with Crippen LogP contribution in [0.15, 0.2) is 182 Å². The predicted molar refractivity (Wildman–Crippen MR) is 238 cm³/mol. The fraction of sp³-hybridized carbons (Fsp3) is 0.189. The number of amides is 1. The first-order valence-electron chi connectivity index (χ1n) is 20.9. The third-order valence-corrected chi connectivity index (χ3v) is 12.2. The van der Waals surface area contributed by atoms with Gasteiger partial charge in [-0.05, 0) is 103 Å². The number of hydrogen-bond acceptors (Lipinski definition) is 4. The zero-order valence-electron chi connectivity index (χ0n) is 33.8. The van der Waals surface area contributed by atoms with E-state index in [-0.39, 0.29) is 17.8 Å². The molecule has 7 heteroatoms. The summed E-state index contributed by atoms with van der Waals surface area (Å²) in [6.07, 6.45) is 5.65. The summed E-state index contributed by atoms with van der Waals surface area (Å²) in [7, 11) is 0. The molecule has 2 aromatic heterocycles. The standard InChI is InChI=1S/C53H48FN5O/c1-38-33-40(30-32-55-38)50-47-34-41(51(60)57-46-26-16-31-52(36-46,35-42-19-14-15-27-48(42)54)56-37-39-17-6-2-7-18-39)28-29-49(47)59(58-50)53(43-20-8-3-9-21-43,44-22-10-4-11-23-44)45-24-12-5-13-25-45/h2-15,17-25,27-30,32-34,46,56H,16,26,31,35-37H2,1H3,(H,57,60)/t46-,52-/m1/s1. The van der Waals surface area contributed by atoms with E-state index in [2.05, 4.69) is 105 Å². The van der Waals surface area contributed by atoms with Crippen molar-refractivity contribution in [2.45, 2.75) is 62.7 Å². The summed E-state index contributed by atoms with van der Waals surface area (Å²) in [4.78, 5) is 19.0. The van der Waals surface area contributed by atoms with Crippen molar-refractivity contribution in [2.24, 2.45) is 0 Å². The van der Waals surface area contributed by atoms with E-state index in [1.165, 1.54) is 11.6 Å². The maximum atomic E-state index is 15.2. The topological polar surface area (TPSA) is 71.8 Å². The maximum absolute atomic E-state index is 15.2. The molecule has 1 amide bonds. The van der Waals surface area contributed by atoms with E-state index in [4.69, 9.17) is 5.10 Å². The molecule has 2 atom stereocenters. The number of benzene rings is 6. The van der Waals surface area contributed by atoms with E-state index in [9.17, 15) is 4.79 Å². The number of halogens is 1. The smallest absolute Gasteiger partial charge is 0.251 e. The lowest BCUT2D eigenvalue weighted by Crippen LogP contribution is -2.54. The van der Waals surface area contributed by atoms with Gasteiger partial charge in [-0.3, -0.25) is 9.78 Å². The highest BCUT2D eigenvalue weighted by molar-refractivity contribution is 6.02. The Kier molecular flexibility index (Phi) is 10.9. The third-order valence-electron chi connectivity index (χ3n) is 12.2. The molecule has 1 fully saturated rings. The first-order chi connectivity index (χ1) is 29.4. The molecule has 2 heterocycles. The Bertz CT molecular complexity index is 2620. The summed E-state index contributed by atoms with van der Waals surface area (Å²) in [5.74, 6) is -0.342. The summed E-state index contributed by atoms with van der Waals surface area (Å²) >= 11 is 0. The second kappa shape index (κ2) is 16.9. The Morgan fingerprint density at radius 3 is 2.02 bits per heavy atom. The molecule has 60 heavy (non-hydrogen) atoms. The quantitative estimate of drug-likeness (QED) is 0.121. The van der Waals surface area contributed by atoms with Gasteiger partial charge in [0.25, 0.3) is 5.91 Å². The van der Waals surface area contributed by atoms with Gasteiger partial charge in [0.15, 0.2) is 0 Å². The van der Waals surface area contributed by atoms with E-state index >= 15 is 4.39 Å². The van der Waals surface area contributed by atoms with Crippen molar-refractivity contribution >= 4 is 16.8 Å². The van der Waals surface area contributed by atoms with Crippen LogP contribution in [0.4, 0.5) is 4.39 Å². The van der Waals surface area contributed by atoms with Gasteiger partial charge >= 0.3 is 0 Å². The maximum Gasteiger partial charge on any atom is 0.251 e. The van der Waals surface area contributed by atoms with E-state index in [1.807, 2.05) is 92.0 Å². The largest absolute Gasteiger partial charge is 0.349 e. The summed E-state index contributed by atoms with van der Waals surface area (Å²) < 4.78 is 17.3. The van der Waals surface area contributed by atoms with Crippen molar-refractivity contribution in [3.8, 4) is 11.3 Å². The van der Waals surface area contributed by atoms with Crippen LogP contribution < -0.4 is 10.6 Å². The van der Waals surface area contributed by atoms with E-state index in [1.54, 1.807) is 6.07 Å². The van der Waals surface area contributed by atoms with Crippen LogP contribution in [0.5, 0.6) is 0 Å². The van der Waals surface area contributed by atoms with Gasteiger partial charge in [0.05, 0.1) is 5.52 Å². The van der Waals surface area contributed by atoms with E-state index in [0.717, 1.165) is 63.8 Å². The number of aryl methyl sites for hydroxylation is 1. The van der Waals surface area contributed by atoms with Gasteiger partial charge in [-0.2, -0.15) is 5.10 Å². The highest BCUT2D eigenvalue weighted by Crippen LogP contribution is 2.44. The number of fused-ring (bicyclic) bond motifs is 1. The average molecular weight is 790 g/mol. The van der Waals surface area contributed by atoms with Crippen LogP contribution in [0.3, 0.4) is 0 Å². The van der Waals surface area contributed by atoms with Crippen molar-refractivity contribution in [3.05, 3.63) is 227 Å². The van der Waals surface area contributed by atoms with Crippen LogP contribution in [0.2, 0.25) is 0 Å². The second-order valence-corrected chi connectivity index (χ2v) is 16.1. The van der Waals surface area contributed by atoms with Crippen LogP contribution in [-0.2, 0) is 18.5 Å². The molecule has 6 aromatic carbocycles. The van der Waals surface area contributed by atoms with Crippen molar-refractivity contribution in [2.75, 3.05) is 0 Å². The minimum atomic E-state index is -0.859. The van der Waals surface area contributed by atoms with E-state index < -0.39 is 11.1 Å². The normalized spacial score (nSPS) is 16.7. The van der Waals surface area contributed by atoms with Gasteiger partial charge in [-0.1, -0.05) is 140 Å². The van der Waals surface area contributed by atoms with Gasteiger partial charge in [0.2, 0.25) is 0 Å². The van der Waals surface area contributed by atoms with Gasteiger partial charge < -0.3 is 10.6 Å². The molecule has 298 valence electrons. The number of carbonyl (C=O) groups is 1. The Morgan fingerprint density at radius 1 is 0.767 bits per heavy atom. The van der Waals surface area contributed by atoms with Gasteiger partial charge in [-0.15, -0.1) is 0 Å². The number of rotatable bonds is 12. The lowest BCUT2D eigenvalue weighted by Gasteiger charge is -2.42. The fourth-order valence-electron chi connectivity index (χ4n) is 9.36. The van der Waals surface area contributed by atoms with Gasteiger partial charge in [0, 0.05) is 46.5 Å². The van der Waals surface area contributed by atoms with Crippen molar-refractivity contribution < 1.29 is 9.18 Å². The number of carbonyl (C=O) groups excluding carboxylic acids is 1. The minimum absolute atomic E-state index is 0.107. The molecule has 1 saturated carbocycles. The number of pyridine rings is 1. The minimum Gasteiger partial charge on any atom is -0.349 e. The average Bonchev–Trinajstić information content (AvgIpc) is 3.67. The molecule has 0 radical (unpaired) electrons. The van der Waals surface area contributed by atoms with Crippen molar-refractivity contribution in [1.82, 2.24) is 25.4 Å². The first-order valence-corrected chi connectivity index (χ1v) is 20.9. The van der Waals surface area contributed by atoms with Crippen LogP contribution in [0.25, 0.3) is 22.2 Å². The second-order valence-electron chi connectivity index (χ2n) is 16.1. The van der Waals surface area contributed by atoms with Gasteiger partial charge in [0.1, 0.15) is 17.1 Å². The zero-order valence-corrected chi connectivity index (χ0v) is 33.8. The van der Waals surface area contributed by atoms with Crippen molar-refractivity contribution in [1.29, 1.82) is 0 Å². The number of nitrogens with zero attached hydrogens (tertiary/aromatic N) is 3. The number of nitrogens with one attached hydrogen (secondary N) is 2. The highest BCUT2D eigenvalue weighted by atomic mass is 19.1. The molecule has 0 bridgehead atoms. The number of hydrogen-bond donors (Lipinski definition) is 2. The molecule has 9 rings (SSSR count). The molecule has 0 unspecified atom stereocenters. The summed E-state index contributed by atoms with van der Waals surface area (Å²) in [5.41, 5.74) is 7.77. The molecule has 0 aliphatic heterocycles. The fourth-order valence-corrected chi connectivity index (χ4v) is 9.36. The molecule has 8 aromatic rings. The summed E-state index contributed by atoms with van der Waals surface area (Å²) in [6.45, 7) is 2.64. The highest BCUT2D eigenvalue weighted by Gasteiger charge is 2.41. The molecule has 0 spiro atoms. The Labute approximate surface area is 351 Å². The molecule has 1 aliphatic carbocycles. The number of aromatic nitrogens is 3. The lowest BCUT2D eigenvalue weighted by atomic mass is 9.75.